The van der Waals surface area contributed by atoms with Gasteiger partial charge in [-0.1, -0.05) is 12.1 Å². The highest BCUT2D eigenvalue weighted by Gasteiger charge is 2.30. The van der Waals surface area contributed by atoms with Crippen LogP contribution in [0.2, 0.25) is 0 Å². The minimum absolute atomic E-state index is 0.00316. The molecule has 2 heterocycles. The maximum Gasteiger partial charge on any atom is 0.260 e. The van der Waals surface area contributed by atoms with Gasteiger partial charge in [0.2, 0.25) is 5.03 Å². The molecule has 0 amide bonds. The summed E-state index contributed by atoms with van der Waals surface area (Å²) in [5, 5.41) is 10.7. The van der Waals surface area contributed by atoms with Crippen LogP contribution in [0.4, 0.5) is 0 Å². The topological polar surface area (TPSA) is 88.9 Å². The molecule has 2 N–H and O–H groups in total. The number of piperidine rings is 1. The van der Waals surface area contributed by atoms with E-state index in [1.807, 2.05) is 0 Å². The first-order valence-electron chi connectivity index (χ1n) is 6.10. The number of sulfonamides is 1. The Labute approximate surface area is 121 Å². The number of hydrogen-bond donors (Lipinski definition) is 2. The quantitative estimate of drug-likeness (QED) is 0.811. The second kappa shape index (κ2) is 5.47. The summed E-state index contributed by atoms with van der Waals surface area (Å²) in [6, 6.07) is 0. The number of hydrogen-bond acceptors (Lipinski definition) is 5. The van der Waals surface area contributed by atoms with E-state index in [0.29, 0.717) is 6.54 Å². The van der Waals surface area contributed by atoms with Crippen molar-refractivity contribution in [2.24, 2.45) is 12.5 Å². The smallest absolute Gasteiger partial charge is 0.260 e. The van der Waals surface area contributed by atoms with Gasteiger partial charge in [-0.05, 0) is 47.3 Å². The van der Waals surface area contributed by atoms with Crippen LogP contribution in [0.15, 0.2) is 9.63 Å². The molecule has 1 aromatic rings. The van der Waals surface area contributed by atoms with Gasteiger partial charge in [0.15, 0.2) is 4.60 Å². The Morgan fingerprint density at radius 2 is 2.11 bits per heavy atom. The van der Waals surface area contributed by atoms with Gasteiger partial charge < -0.3 is 5.32 Å². The molecule has 108 valence electrons. The normalized spacial score (nSPS) is 19.5. The predicted octanol–water partition coefficient (Wildman–Crippen LogP) is 0.246. The molecule has 0 saturated carbocycles. The highest BCUT2D eigenvalue weighted by Crippen LogP contribution is 2.27. The summed E-state index contributed by atoms with van der Waals surface area (Å²) < 4.78 is 28.7. The van der Waals surface area contributed by atoms with Gasteiger partial charge in [0.05, 0.1) is 0 Å². The maximum atomic E-state index is 12.3. The summed E-state index contributed by atoms with van der Waals surface area (Å²) in [6.07, 6.45) is 1.92. The predicted molar refractivity (Wildman–Crippen MR) is 74.1 cm³/mol. The number of halogens is 1. The molecule has 1 aliphatic heterocycles. The van der Waals surface area contributed by atoms with Crippen LogP contribution in [0.1, 0.15) is 19.8 Å². The van der Waals surface area contributed by atoms with E-state index < -0.39 is 10.0 Å². The van der Waals surface area contributed by atoms with E-state index >= 15 is 0 Å². The average Bonchev–Trinajstić information content (AvgIpc) is 2.68. The molecule has 1 fully saturated rings. The lowest BCUT2D eigenvalue weighted by Crippen LogP contribution is -2.43. The summed E-state index contributed by atoms with van der Waals surface area (Å²) in [5.41, 5.74) is -0.00316. The fourth-order valence-corrected chi connectivity index (χ4v) is 4.44. The summed E-state index contributed by atoms with van der Waals surface area (Å²) in [4.78, 5) is 0. The van der Waals surface area contributed by atoms with Crippen LogP contribution in [-0.2, 0) is 17.1 Å². The first kappa shape index (κ1) is 14.9. The third-order valence-electron chi connectivity index (χ3n) is 3.49. The van der Waals surface area contributed by atoms with E-state index in [4.69, 9.17) is 0 Å². The third kappa shape index (κ3) is 3.33. The van der Waals surface area contributed by atoms with Crippen molar-refractivity contribution in [1.82, 2.24) is 25.0 Å². The van der Waals surface area contributed by atoms with Gasteiger partial charge in [0, 0.05) is 13.6 Å². The Morgan fingerprint density at radius 3 is 2.63 bits per heavy atom. The van der Waals surface area contributed by atoms with Crippen LogP contribution < -0.4 is 10.0 Å². The van der Waals surface area contributed by atoms with E-state index in [9.17, 15) is 8.42 Å². The van der Waals surface area contributed by atoms with Crippen molar-refractivity contribution in [3.63, 3.8) is 0 Å². The molecule has 1 aromatic heterocycles. The lowest BCUT2D eigenvalue weighted by Gasteiger charge is -2.33. The standard InChI is InChI=1S/C10H18BrN5O2S/c1-10(3-5-12-6-4-10)7-13-19(17,18)9-8(11)14-15-16(9)2/h12-13H,3-7H2,1-2H3. The highest BCUT2D eigenvalue weighted by molar-refractivity contribution is 9.10. The van der Waals surface area contributed by atoms with Crippen molar-refractivity contribution in [1.29, 1.82) is 0 Å². The zero-order chi connectivity index (χ0) is 14.1. The van der Waals surface area contributed by atoms with Crippen molar-refractivity contribution < 1.29 is 8.42 Å². The van der Waals surface area contributed by atoms with Gasteiger partial charge in [0.25, 0.3) is 10.0 Å². The number of rotatable bonds is 4. The molecule has 0 bridgehead atoms. The number of nitrogens with one attached hydrogen (secondary N) is 2. The molecule has 0 radical (unpaired) electrons. The minimum atomic E-state index is -3.60. The molecular weight excluding hydrogens is 334 g/mol. The second-order valence-electron chi connectivity index (χ2n) is 5.19. The summed E-state index contributed by atoms with van der Waals surface area (Å²) in [5.74, 6) is 0. The van der Waals surface area contributed by atoms with Gasteiger partial charge >= 0.3 is 0 Å². The zero-order valence-corrected chi connectivity index (χ0v) is 13.4. The molecule has 0 unspecified atom stereocenters. The summed E-state index contributed by atoms with van der Waals surface area (Å²) in [7, 11) is -2.04. The van der Waals surface area contributed by atoms with Crippen molar-refractivity contribution in [2.45, 2.75) is 24.8 Å². The van der Waals surface area contributed by atoms with Crippen molar-refractivity contribution in [2.75, 3.05) is 19.6 Å². The Morgan fingerprint density at radius 1 is 1.47 bits per heavy atom. The van der Waals surface area contributed by atoms with Gasteiger partial charge in [-0.3, -0.25) is 0 Å². The lowest BCUT2D eigenvalue weighted by molar-refractivity contribution is 0.232. The monoisotopic (exact) mass is 351 g/mol. The van der Waals surface area contributed by atoms with Gasteiger partial charge in [-0.15, -0.1) is 5.10 Å². The first-order valence-corrected chi connectivity index (χ1v) is 8.37. The molecule has 1 saturated heterocycles. The van der Waals surface area contributed by atoms with Gasteiger partial charge in [-0.25, -0.2) is 17.8 Å². The van der Waals surface area contributed by atoms with E-state index in [1.54, 1.807) is 7.05 Å². The molecule has 19 heavy (non-hydrogen) atoms. The zero-order valence-electron chi connectivity index (χ0n) is 11.0. The largest absolute Gasteiger partial charge is 0.317 e. The number of aromatic nitrogens is 3. The highest BCUT2D eigenvalue weighted by atomic mass is 79.9. The van der Waals surface area contributed by atoms with Crippen molar-refractivity contribution in [3.8, 4) is 0 Å². The fraction of sp³-hybridized carbons (Fsp3) is 0.800. The van der Waals surface area contributed by atoms with E-state index in [-0.39, 0.29) is 15.0 Å². The van der Waals surface area contributed by atoms with Gasteiger partial charge in [-0.2, -0.15) is 0 Å². The van der Waals surface area contributed by atoms with E-state index in [2.05, 4.69) is 43.2 Å². The van der Waals surface area contributed by atoms with Crippen LogP contribution in [0, 0.1) is 5.41 Å². The first-order chi connectivity index (χ1) is 8.84. The Hall–Kier alpha value is -0.510. The SMILES string of the molecule is Cn1nnc(Br)c1S(=O)(=O)NCC1(C)CCNCC1. The third-order valence-corrected chi connectivity index (χ3v) is 5.78. The Balaban J connectivity index is 2.10. The Bertz CT molecular complexity index is 531. The molecular formula is C10H18BrN5O2S. The van der Waals surface area contributed by atoms with E-state index in [1.165, 1.54) is 4.68 Å². The average molecular weight is 352 g/mol. The van der Waals surface area contributed by atoms with Crippen molar-refractivity contribution in [3.05, 3.63) is 4.60 Å². The van der Waals surface area contributed by atoms with Crippen LogP contribution >= 0.6 is 15.9 Å². The number of aryl methyl sites for hydroxylation is 1. The molecule has 7 nitrogen and oxygen atoms in total. The molecule has 0 aromatic carbocycles. The van der Waals surface area contributed by atoms with Crippen LogP contribution in [-0.4, -0.2) is 43.0 Å². The summed E-state index contributed by atoms with van der Waals surface area (Å²) >= 11 is 3.11. The summed E-state index contributed by atoms with van der Waals surface area (Å²) in [6.45, 7) is 4.38. The molecule has 2 rings (SSSR count). The molecule has 0 atom stereocenters. The fourth-order valence-electron chi connectivity index (χ4n) is 2.15. The maximum absolute atomic E-state index is 12.3. The number of nitrogens with zero attached hydrogens (tertiary/aromatic N) is 3. The molecule has 1 aliphatic rings. The van der Waals surface area contributed by atoms with Crippen molar-refractivity contribution >= 4 is 26.0 Å². The molecule has 9 heteroatoms. The second-order valence-corrected chi connectivity index (χ2v) is 7.63. The lowest BCUT2D eigenvalue weighted by atomic mass is 9.81. The van der Waals surface area contributed by atoms with Crippen LogP contribution in [0.5, 0.6) is 0 Å². The van der Waals surface area contributed by atoms with Crippen LogP contribution in [0.25, 0.3) is 0 Å². The minimum Gasteiger partial charge on any atom is -0.317 e. The Kier molecular flexibility index (Phi) is 4.29. The van der Waals surface area contributed by atoms with Gasteiger partial charge in [0.1, 0.15) is 0 Å². The van der Waals surface area contributed by atoms with Crippen LogP contribution in [0.3, 0.4) is 0 Å². The van der Waals surface area contributed by atoms with E-state index in [0.717, 1.165) is 25.9 Å². The molecule has 0 spiro atoms. The molecule has 0 aliphatic carbocycles.